The summed E-state index contributed by atoms with van der Waals surface area (Å²) in [5.41, 5.74) is 1.86. The third-order valence-electron chi connectivity index (χ3n) is 6.21. The highest BCUT2D eigenvalue weighted by atomic mass is 35.5. The van der Waals surface area contributed by atoms with Crippen molar-refractivity contribution in [3.63, 3.8) is 0 Å². The zero-order chi connectivity index (χ0) is 26.8. The SMILES string of the molecule is CC(C)Oc1cc(C#N)ccc1C1=NC(c2ccc(Cl)cc2)C(c2nccs2)N1C(=O)N1CCNC(=O)C1. The molecular formula is C27H25ClN6O3S. The summed E-state index contributed by atoms with van der Waals surface area (Å²) >= 11 is 7.60. The number of amides is 3. The van der Waals surface area contributed by atoms with E-state index in [0.717, 1.165) is 5.56 Å². The zero-order valence-corrected chi connectivity index (χ0v) is 22.4. The fourth-order valence-corrected chi connectivity index (χ4v) is 5.45. The summed E-state index contributed by atoms with van der Waals surface area (Å²) in [6, 6.07) is 13.2. The van der Waals surface area contributed by atoms with E-state index in [4.69, 9.17) is 21.3 Å². The van der Waals surface area contributed by atoms with Crippen LogP contribution in [0.3, 0.4) is 0 Å². The Labute approximate surface area is 229 Å². The number of carbonyl (C=O) groups is 2. The van der Waals surface area contributed by atoms with Gasteiger partial charge < -0.3 is 15.0 Å². The fourth-order valence-electron chi connectivity index (χ4n) is 4.57. The Morgan fingerprint density at radius 3 is 2.71 bits per heavy atom. The van der Waals surface area contributed by atoms with Gasteiger partial charge in [0.25, 0.3) is 0 Å². The topological polar surface area (TPSA) is 111 Å². The second-order valence-electron chi connectivity index (χ2n) is 9.18. The van der Waals surface area contributed by atoms with Gasteiger partial charge in [0, 0.05) is 29.7 Å². The quantitative estimate of drug-likeness (QED) is 0.503. The molecule has 1 N–H and O–H groups in total. The van der Waals surface area contributed by atoms with Gasteiger partial charge in [-0.1, -0.05) is 23.7 Å². The maximum absolute atomic E-state index is 14.2. The molecule has 1 aromatic heterocycles. The van der Waals surface area contributed by atoms with Crippen LogP contribution in [0.15, 0.2) is 59.0 Å². The van der Waals surface area contributed by atoms with Crippen LogP contribution in [-0.2, 0) is 4.79 Å². The van der Waals surface area contributed by atoms with E-state index in [9.17, 15) is 14.9 Å². The van der Waals surface area contributed by atoms with E-state index in [2.05, 4.69) is 16.4 Å². The van der Waals surface area contributed by atoms with Crippen molar-refractivity contribution >= 4 is 40.7 Å². The van der Waals surface area contributed by atoms with Crippen LogP contribution in [0.1, 0.15) is 47.6 Å². The maximum Gasteiger partial charge on any atom is 0.326 e. The van der Waals surface area contributed by atoms with E-state index < -0.39 is 12.1 Å². The highest BCUT2D eigenvalue weighted by Crippen LogP contribution is 2.45. The Hall–Kier alpha value is -3.94. The lowest BCUT2D eigenvalue weighted by Crippen LogP contribution is -2.55. The summed E-state index contributed by atoms with van der Waals surface area (Å²) in [5.74, 6) is 0.618. The van der Waals surface area contributed by atoms with Crippen LogP contribution < -0.4 is 10.1 Å². The number of rotatable bonds is 5. The molecule has 2 aliphatic rings. The predicted molar refractivity (Wildman–Crippen MR) is 144 cm³/mol. The second-order valence-corrected chi connectivity index (χ2v) is 10.5. The lowest BCUT2D eigenvalue weighted by molar-refractivity contribution is -0.123. The van der Waals surface area contributed by atoms with Gasteiger partial charge in [0.05, 0.1) is 23.3 Å². The molecule has 2 atom stereocenters. The van der Waals surface area contributed by atoms with E-state index in [1.54, 1.807) is 41.4 Å². The van der Waals surface area contributed by atoms with Crippen molar-refractivity contribution in [3.05, 3.63) is 80.8 Å². The average molecular weight is 549 g/mol. The number of urea groups is 1. The number of piperazine rings is 1. The van der Waals surface area contributed by atoms with E-state index >= 15 is 0 Å². The Morgan fingerprint density at radius 1 is 1.26 bits per heavy atom. The number of thiazole rings is 1. The predicted octanol–water partition coefficient (Wildman–Crippen LogP) is 4.55. The summed E-state index contributed by atoms with van der Waals surface area (Å²) in [6.45, 7) is 4.47. The van der Waals surface area contributed by atoms with Crippen molar-refractivity contribution < 1.29 is 14.3 Å². The van der Waals surface area contributed by atoms with Crippen molar-refractivity contribution in [1.29, 1.82) is 5.26 Å². The molecule has 3 heterocycles. The van der Waals surface area contributed by atoms with E-state index in [1.165, 1.54) is 16.2 Å². The minimum atomic E-state index is -0.564. The molecule has 2 aliphatic heterocycles. The standard InChI is InChI=1S/C27H25ClN6O3S/c1-16(2)37-21-13-17(14-29)3-8-20(21)25-32-23(18-4-6-19(28)7-5-18)24(26-31-10-12-38-26)34(25)27(36)33-11-9-30-22(35)15-33/h3-8,10,12-13,16,23-24H,9,11,15H2,1-2H3,(H,30,35). The number of benzene rings is 2. The summed E-state index contributed by atoms with van der Waals surface area (Å²) in [5, 5.41) is 15.4. The molecule has 0 radical (unpaired) electrons. The molecule has 1 saturated heterocycles. The number of halogens is 1. The number of hydrogen-bond acceptors (Lipinski definition) is 7. The third kappa shape index (κ3) is 5.08. The summed E-state index contributed by atoms with van der Waals surface area (Å²) in [4.78, 5) is 39.2. The molecule has 0 bridgehead atoms. The molecule has 38 heavy (non-hydrogen) atoms. The second kappa shape index (κ2) is 10.8. The number of aliphatic imine (C=N–C) groups is 1. The molecule has 0 aliphatic carbocycles. The zero-order valence-electron chi connectivity index (χ0n) is 20.8. The number of nitrogens with one attached hydrogen (secondary N) is 1. The minimum Gasteiger partial charge on any atom is -0.490 e. The van der Waals surface area contributed by atoms with E-state index in [-0.39, 0.29) is 24.6 Å². The van der Waals surface area contributed by atoms with E-state index in [0.29, 0.717) is 45.8 Å². The fraction of sp³-hybridized carbons (Fsp3) is 0.296. The van der Waals surface area contributed by atoms with Crippen LogP contribution >= 0.6 is 22.9 Å². The number of carbonyl (C=O) groups excluding carboxylic acids is 2. The maximum atomic E-state index is 14.2. The normalized spacial score (nSPS) is 19.2. The average Bonchev–Trinajstić information content (AvgIpc) is 3.56. The lowest BCUT2D eigenvalue weighted by Gasteiger charge is -2.35. The lowest BCUT2D eigenvalue weighted by atomic mass is 10.0. The van der Waals surface area contributed by atoms with Crippen LogP contribution in [0, 0.1) is 11.3 Å². The molecule has 2 aromatic carbocycles. The number of hydrogen-bond donors (Lipinski definition) is 1. The molecule has 0 spiro atoms. The van der Waals surface area contributed by atoms with Crippen molar-refractivity contribution in [2.75, 3.05) is 19.6 Å². The van der Waals surface area contributed by atoms with Gasteiger partial charge in [-0.15, -0.1) is 11.3 Å². The number of ether oxygens (including phenoxy) is 1. The van der Waals surface area contributed by atoms with Crippen LogP contribution in [0.2, 0.25) is 5.02 Å². The number of amidine groups is 1. The van der Waals surface area contributed by atoms with Crippen LogP contribution in [-0.4, -0.2) is 58.3 Å². The smallest absolute Gasteiger partial charge is 0.326 e. The molecule has 5 rings (SSSR count). The Balaban J connectivity index is 1.69. The van der Waals surface area contributed by atoms with Crippen LogP contribution in [0.4, 0.5) is 4.79 Å². The molecule has 11 heteroatoms. The molecular weight excluding hydrogens is 524 g/mol. The van der Waals surface area contributed by atoms with Crippen LogP contribution in [0.5, 0.6) is 5.75 Å². The molecule has 2 unspecified atom stereocenters. The van der Waals surface area contributed by atoms with Gasteiger partial charge in [0.1, 0.15) is 35.2 Å². The largest absolute Gasteiger partial charge is 0.490 e. The molecule has 194 valence electrons. The van der Waals surface area contributed by atoms with Crippen molar-refractivity contribution in [3.8, 4) is 11.8 Å². The van der Waals surface area contributed by atoms with Gasteiger partial charge in [0.15, 0.2) is 0 Å². The first-order valence-electron chi connectivity index (χ1n) is 12.1. The van der Waals surface area contributed by atoms with Gasteiger partial charge >= 0.3 is 6.03 Å². The van der Waals surface area contributed by atoms with Gasteiger partial charge in [-0.2, -0.15) is 5.26 Å². The first-order chi connectivity index (χ1) is 18.4. The van der Waals surface area contributed by atoms with Gasteiger partial charge in [-0.3, -0.25) is 14.7 Å². The van der Waals surface area contributed by atoms with Gasteiger partial charge in [0.2, 0.25) is 5.91 Å². The highest BCUT2D eigenvalue weighted by Gasteiger charge is 2.46. The van der Waals surface area contributed by atoms with Crippen LogP contribution in [0.25, 0.3) is 0 Å². The van der Waals surface area contributed by atoms with Gasteiger partial charge in [-0.25, -0.2) is 9.78 Å². The number of nitriles is 1. The van der Waals surface area contributed by atoms with Crippen molar-refractivity contribution in [2.45, 2.75) is 32.0 Å². The third-order valence-corrected chi connectivity index (χ3v) is 7.31. The van der Waals surface area contributed by atoms with Gasteiger partial charge in [-0.05, 0) is 49.7 Å². The number of aromatic nitrogens is 1. The first-order valence-corrected chi connectivity index (χ1v) is 13.4. The molecule has 1 fully saturated rings. The van der Waals surface area contributed by atoms with E-state index in [1.807, 2.05) is 31.4 Å². The summed E-state index contributed by atoms with van der Waals surface area (Å²) < 4.78 is 6.10. The van der Waals surface area contributed by atoms with Crippen molar-refractivity contribution in [2.24, 2.45) is 4.99 Å². The Morgan fingerprint density at radius 2 is 2.05 bits per heavy atom. The number of nitrogens with zero attached hydrogens (tertiary/aromatic N) is 5. The van der Waals surface area contributed by atoms with Crippen molar-refractivity contribution in [1.82, 2.24) is 20.1 Å². The Bertz CT molecular complexity index is 1420. The Kier molecular flexibility index (Phi) is 7.31. The molecule has 3 amide bonds. The summed E-state index contributed by atoms with van der Waals surface area (Å²) in [7, 11) is 0. The monoisotopic (exact) mass is 548 g/mol. The summed E-state index contributed by atoms with van der Waals surface area (Å²) in [6.07, 6.45) is 1.52. The first kappa shape index (κ1) is 25.7. The molecule has 3 aromatic rings. The highest BCUT2D eigenvalue weighted by molar-refractivity contribution is 7.09. The minimum absolute atomic E-state index is 0.0540. The molecule has 0 saturated carbocycles. The molecule has 9 nitrogen and oxygen atoms in total.